The Morgan fingerprint density at radius 2 is 1.00 bits per heavy atom. The van der Waals surface area contributed by atoms with E-state index in [1.807, 2.05) is 24.3 Å². The number of nitrogens with zero attached hydrogens (tertiary/aromatic N) is 4. The van der Waals surface area contributed by atoms with E-state index in [4.69, 9.17) is 14.4 Å². The van der Waals surface area contributed by atoms with Crippen LogP contribution >= 0.6 is 0 Å². The van der Waals surface area contributed by atoms with Gasteiger partial charge < -0.3 is 8.98 Å². The fraction of sp³-hybridized carbons (Fsp3) is 0.0462. The summed E-state index contributed by atoms with van der Waals surface area (Å²) in [7, 11) is 0. The van der Waals surface area contributed by atoms with Gasteiger partial charge in [-0.1, -0.05) is 147 Å². The number of benzene rings is 10. The van der Waals surface area contributed by atoms with Crippen LogP contribution in [-0.2, 0) is 5.41 Å². The highest BCUT2D eigenvalue weighted by atomic mass is 16.3. The second-order valence-corrected chi connectivity index (χ2v) is 19.3. The average molecular weight is 895 g/mol. The Balaban J connectivity index is 0.901. The molecule has 0 atom stereocenters. The predicted octanol–water partition coefficient (Wildman–Crippen LogP) is 17.0. The molecule has 0 N–H and O–H groups in total. The molecule has 4 heterocycles. The van der Waals surface area contributed by atoms with Crippen molar-refractivity contribution in [1.82, 2.24) is 19.1 Å². The molecule has 0 unspecified atom stereocenters. The van der Waals surface area contributed by atoms with Crippen molar-refractivity contribution >= 4 is 76.5 Å². The summed E-state index contributed by atoms with van der Waals surface area (Å²) in [6.45, 7) is 4.72. The molecule has 328 valence electrons. The van der Waals surface area contributed by atoms with Gasteiger partial charge in [-0.05, 0) is 129 Å². The lowest BCUT2D eigenvalue weighted by atomic mass is 9.82. The maximum atomic E-state index is 6.66. The van der Waals surface area contributed by atoms with Gasteiger partial charge in [0.15, 0.2) is 5.82 Å². The van der Waals surface area contributed by atoms with Crippen LogP contribution in [0.2, 0.25) is 0 Å². The van der Waals surface area contributed by atoms with Crippen LogP contribution in [0.25, 0.3) is 133 Å². The van der Waals surface area contributed by atoms with Crippen LogP contribution in [0.5, 0.6) is 0 Å². The van der Waals surface area contributed by atoms with Gasteiger partial charge in [0, 0.05) is 54.4 Å². The molecule has 14 aromatic rings. The molecule has 5 nitrogen and oxygen atoms in total. The second kappa shape index (κ2) is 14.5. The van der Waals surface area contributed by atoms with Gasteiger partial charge in [0.1, 0.15) is 17.0 Å². The van der Waals surface area contributed by atoms with Crippen LogP contribution in [-0.4, -0.2) is 19.1 Å². The van der Waals surface area contributed by atoms with E-state index in [1.165, 1.54) is 44.1 Å². The van der Waals surface area contributed by atoms with Crippen molar-refractivity contribution in [3.63, 3.8) is 0 Å². The largest absolute Gasteiger partial charge is 0.456 e. The van der Waals surface area contributed by atoms with Gasteiger partial charge in [0.25, 0.3) is 0 Å². The number of hydrogen-bond acceptors (Lipinski definition) is 3. The van der Waals surface area contributed by atoms with Crippen molar-refractivity contribution < 1.29 is 4.42 Å². The van der Waals surface area contributed by atoms with Crippen molar-refractivity contribution in [3.05, 3.63) is 230 Å². The zero-order chi connectivity index (χ0) is 46.2. The number of para-hydroxylation sites is 3. The molecule has 10 aromatic carbocycles. The molecular weight excluding hydrogens is 853 g/mol. The van der Waals surface area contributed by atoms with E-state index in [0.717, 1.165) is 94.0 Å². The van der Waals surface area contributed by atoms with E-state index in [1.54, 1.807) is 0 Å². The van der Waals surface area contributed by atoms with Gasteiger partial charge in [-0.2, -0.15) is 0 Å². The fourth-order valence-electron chi connectivity index (χ4n) is 11.8. The predicted molar refractivity (Wildman–Crippen MR) is 289 cm³/mol. The molecule has 0 radical (unpaired) electrons. The maximum absolute atomic E-state index is 6.66. The van der Waals surface area contributed by atoms with Gasteiger partial charge in [-0.15, -0.1) is 0 Å². The molecule has 0 saturated carbocycles. The van der Waals surface area contributed by atoms with Crippen LogP contribution in [0.1, 0.15) is 25.0 Å². The zero-order valence-corrected chi connectivity index (χ0v) is 38.5. The molecule has 1 aliphatic rings. The monoisotopic (exact) mass is 894 g/mol. The Bertz CT molecular complexity index is 4500. The van der Waals surface area contributed by atoms with Gasteiger partial charge in [-0.25, -0.2) is 9.97 Å². The summed E-state index contributed by atoms with van der Waals surface area (Å²) < 4.78 is 11.4. The van der Waals surface area contributed by atoms with Crippen LogP contribution < -0.4 is 0 Å². The smallest absolute Gasteiger partial charge is 0.162 e. The van der Waals surface area contributed by atoms with E-state index in [9.17, 15) is 0 Å². The van der Waals surface area contributed by atoms with Gasteiger partial charge in [0.05, 0.1) is 27.6 Å². The SMILES string of the molecule is CC1(C)c2ccccc2-c2cc3c4cc(-c5ccc6oc7cccc(-c8ccc9c(c8)c8ccccc8n9-c8nc(-c9ccccc9)nc9ccccc89)c7c6c5)ccc4n(-c4ccccc4)c3cc21. The van der Waals surface area contributed by atoms with Gasteiger partial charge in [0.2, 0.25) is 0 Å². The molecule has 5 heteroatoms. The Labute approximate surface area is 403 Å². The number of hydrogen-bond donors (Lipinski definition) is 0. The molecule has 0 spiro atoms. The third-order valence-electron chi connectivity index (χ3n) is 15.1. The lowest BCUT2D eigenvalue weighted by Crippen LogP contribution is -2.14. The Kier molecular flexibility index (Phi) is 8.06. The first kappa shape index (κ1) is 39.0. The highest BCUT2D eigenvalue weighted by molar-refractivity contribution is 6.17. The van der Waals surface area contributed by atoms with E-state index in [0.29, 0.717) is 5.82 Å². The molecular formula is C65H42N4O. The third-order valence-corrected chi connectivity index (χ3v) is 15.1. The molecule has 0 fully saturated rings. The quantitative estimate of drug-likeness (QED) is 0.173. The minimum absolute atomic E-state index is 0.102. The number of aromatic nitrogens is 4. The molecule has 4 aromatic heterocycles. The summed E-state index contributed by atoms with van der Waals surface area (Å²) in [4.78, 5) is 10.3. The van der Waals surface area contributed by atoms with Gasteiger partial charge >= 0.3 is 0 Å². The first-order chi connectivity index (χ1) is 34.5. The molecule has 70 heavy (non-hydrogen) atoms. The average Bonchev–Trinajstić information content (AvgIpc) is 4.12. The van der Waals surface area contributed by atoms with E-state index >= 15 is 0 Å². The number of rotatable bonds is 5. The van der Waals surface area contributed by atoms with Crippen LogP contribution in [0.3, 0.4) is 0 Å². The summed E-state index contributed by atoms with van der Waals surface area (Å²) in [6, 6.07) is 78.8. The lowest BCUT2D eigenvalue weighted by molar-refractivity contribution is 0.661. The molecule has 0 saturated heterocycles. The van der Waals surface area contributed by atoms with E-state index < -0.39 is 0 Å². The Morgan fingerprint density at radius 1 is 0.371 bits per heavy atom. The minimum atomic E-state index is -0.102. The standard InChI is InChI=1S/C65H42N4O/c1-65(2)53-24-12-9-20-45(53)48-37-51-50-34-40(28-31-57(50)68(59(51)38-54(48)65)43-18-7-4-8-19-43)41-30-33-60-52(35-41)62-44(23-15-27-61(62)70-60)42-29-32-58-49(36-42)46-21-11-14-26-56(46)69(58)64-47-22-10-13-25-55(47)66-63(67-64)39-16-5-3-6-17-39/h3-38H,1-2H3. The lowest BCUT2D eigenvalue weighted by Gasteiger charge is -2.21. The van der Waals surface area contributed by atoms with Crippen LogP contribution in [0.4, 0.5) is 0 Å². The van der Waals surface area contributed by atoms with Crippen molar-refractivity contribution in [3.8, 4) is 56.3 Å². The Morgan fingerprint density at radius 3 is 1.86 bits per heavy atom. The minimum Gasteiger partial charge on any atom is -0.456 e. The van der Waals surface area contributed by atoms with Crippen molar-refractivity contribution in [2.45, 2.75) is 19.3 Å². The van der Waals surface area contributed by atoms with Gasteiger partial charge in [-0.3, -0.25) is 4.57 Å². The molecule has 0 amide bonds. The molecule has 1 aliphatic carbocycles. The van der Waals surface area contributed by atoms with Crippen LogP contribution in [0, 0.1) is 0 Å². The normalized spacial score (nSPS) is 13.1. The summed E-state index contributed by atoms with van der Waals surface area (Å²) in [5.41, 5.74) is 19.2. The topological polar surface area (TPSA) is 48.8 Å². The Hall–Kier alpha value is -9.06. The second-order valence-electron chi connectivity index (χ2n) is 19.3. The summed E-state index contributed by atoms with van der Waals surface area (Å²) in [6.07, 6.45) is 0. The third kappa shape index (κ3) is 5.54. The summed E-state index contributed by atoms with van der Waals surface area (Å²) in [5.74, 6) is 1.56. The molecule has 15 rings (SSSR count). The first-order valence-electron chi connectivity index (χ1n) is 24.1. The highest BCUT2D eigenvalue weighted by Crippen LogP contribution is 2.51. The van der Waals surface area contributed by atoms with Crippen molar-refractivity contribution in [1.29, 1.82) is 0 Å². The maximum Gasteiger partial charge on any atom is 0.162 e. The van der Waals surface area contributed by atoms with E-state index in [-0.39, 0.29) is 5.41 Å². The zero-order valence-electron chi connectivity index (χ0n) is 38.5. The van der Waals surface area contributed by atoms with Crippen molar-refractivity contribution in [2.24, 2.45) is 0 Å². The molecule has 0 aliphatic heterocycles. The first-order valence-corrected chi connectivity index (χ1v) is 24.1. The van der Waals surface area contributed by atoms with E-state index in [2.05, 4.69) is 217 Å². The fourth-order valence-corrected chi connectivity index (χ4v) is 11.8. The number of fused-ring (bicyclic) bond motifs is 13. The molecule has 0 bridgehead atoms. The van der Waals surface area contributed by atoms with Crippen molar-refractivity contribution in [2.75, 3.05) is 0 Å². The number of furan rings is 1. The summed E-state index contributed by atoms with van der Waals surface area (Å²) in [5, 5.41) is 8.01. The highest BCUT2D eigenvalue weighted by Gasteiger charge is 2.36. The van der Waals surface area contributed by atoms with Crippen LogP contribution in [0.15, 0.2) is 223 Å². The summed E-state index contributed by atoms with van der Waals surface area (Å²) >= 11 is 0.